The monoisotopic (exact) mass is 211 g/mol. The van der Waals surface area contributed by atoms with Crippen molar-refractivity contribution in [2.24, 2.45) is 16.1 Å². The van der Waals surface area contributed by atoms with Gasteiger partial charge in [0.25, 0.3) is 0 Å². The van der Waals surface area contributed by atoms with E-state index in [1.807, 2.05) is 0 Å². The molecule has 0 radical (unpaired) electrons. The molecule has 1 rings (SSSR count). The van der Waals surface area contributed by atoms with Crippen molar-refractivity contribution in [2.75, 3.05) is 0 Å². The second-order valence-electron chi connectivity index (χ2n) is 5.68. The maximum atomic E-state index is 5.89. The SMILES string of the molecule is CC(NC(N)=NC1CCCC1)C(C)(C)C. The average molecular weight is 211 g/mol. The maximum absolute atomic E-state index is 5.89. The minimum absolute atomic E-state index is 0.218. The number of nitrogens with one attached hydrogen (secondary N) is 1. The molecule has 0 heterocycles. The summed E-state index contributed by atoms with van der Waals surface area (Å²) in [6.07, 6.45) is 5.01. The Morgan fingerprint density at radius 1 is 1.33 bits per heavy atom. The molecule has 1 saturated carbocycles. The fourth-order valence-electron chi connectivity index (χ4n) is 1.71. The van der Waals surface area contributed by atoms with Crippen molar-refractivity contribution < 1.29 is 0 Å². The van der Waals surface area contributed by atoms with Gasteiger partial charge in [0.05, 0.1) is 6.04 Å². The molecule has 1 aliphatic carbocycles. The zero-order chi connectivity index (χ0) is 11.5. The van der Waals surface area contributed by atoms with Crippen LogP contribution in [0.5, 0.6) is 0 Å². The van der Waals surface area contributed by atoms with Gasteiger partial charge in [-0.2, -0.15) is 0 Å². The van der Waals surface area contributed by atoms with Gasteiger partial charge in [0.2, 0.25) is 0 Å². The van der Waals surface area contributed by atoms with Crippen LogP contribution in [-0.2, 0) is 0 Å². The van der Waals surface area contributed by atoms with E-state index in [-0.39, 0.29) is 5.41 Å². The lowest BCUT2D eigenvalue weighted by atomic mass is 9.88. The highest BCUT2D eigenvalue weighted by Crippen LogP contribution is 2.21. The first-order chi connectivity index (χ1) is 6.89. The van der Waals surface area contributed by atoms with Crippen molar-refractivity contribution in [2.45, 2.75) is 65.5 Å². The average Bonchev–Trinajstić information content (AvgIpc) is 2.54. The van der Waals surface area contributed by atoms with Gasteiger partial charge in [-0.25, -0.2) is 0 Å². The summed E-state index contributed by atoms with van der Waals surface area (Å²) in [6, 6.07) is 0.812. The van der Waals surface area contributed by atoms with E-state index < -0.39 is 0 Å². The second kappa shape index (κ2) is 4.86. The van der Waals surface area contributed by atoms with Crippen LogP contribution in [0.2, 0.25) is 0 Å². The van der Waals surface area contributed by atoms with E-state index in [1.54, 1.807) is 0 Å². The van der Waals surface area contributed by atoms with Crippen molar-refractivity contribution in [1.29, 1.82) is 0 Å². The molecule has 1 fully saturated rings. The van der Waals surface area contributed by atoms with Crippen molar-refractivity contribution in [3.63, 3.8) is 0 Å². The molecule has 0 spiro atoms. The molecule has 3 nitrogen and oxygen atoms in total. The lowest BCUT2D eigenvalue weighted by molar-refractivity contribution is 0.315. The molecular weight excluding hydrogens is 186 g/mol. The van der Waals surface area contributed by atoms with Crippen molar-refractivity contribution >= 4 is 5.96 Å². The van der Waals surface area contributed by atoms with Crippen LogP contribution in [0.15, 0.2) is 4.99 Å². The molecule has 3 N–H and O–H groups in total. The highest BCUT2D eigenvalue weighted by atomic mass is 15.1. The zero-order valence-electron chi connectivity index (χ0n) is 10.5. The van der Waals surface area contributed by atoms with Crippen LogP contribution >= 0.6 is 0 Å². The highest BCUT2D eigenvalue weighted by molar-refractivity contribution is 5.78. The summed E-state index contributed by atoms with van der Waals surface area (Å²) in [6.45, 7) is 8.76. The molecule has 15 heavy (non-hydrogen) atoms. The number of guanidine groups is 1. The van der Waals surface area contributed by atoms with Gasteiger partial charge in [-0.15, -0.1) is 0 Å². The van der Waals surface area contributed by atoms with Crippen molar-refractivity contribution in [1.82, 2.24) is 5.32 Å². The summed E-state index contributed by atoms with van der Waals surface area (Å²) < 4.78 is 0. The summed E-state index contributed by atoms with van der Waals surface area (Å²) in [5.74, 6) is 0.615. The summed E-state index contributed by atoms with van der Waals surface area (Å²) in [5, 5.41) is 3.27. The lowest BCUT2D eigenvalue weighted by Gasteiger charge is -2.28. The Hall–Kier alpha value is -0.730. The van der Waals surface area contributed by atoms with Crippen LogP contribution in [0, 0.1) is 5.41 Å². The molecule has 0 aromatic carbocycles. The van der Waals surface area contributed by atoms with Gasteiger partial charge in [-0.05, 0) is 25.2 Å². The van der Waals surface area contributed by atoms with Gasteiger partial charge in [0.1, 0.15) is 0 Å². The molecule has 0 aliphatic heterocycles. The Morgan fingerprint density at radius 2 is 1.87 bits per heavy atom. The lowest BCUT2D eigenvalue weighted by Crippen LogP contribution is -2.45. The van der Waals surface area contributed by atoms with Crippen LogP contribution in [-0.4, -0.2) is 18.0 Å². The van der Waals surface area contributed by atoms with E-state index in [2.05, 4.69) is 38.0 Å². The number of hydrogen-bond donors (Lipinski definition) is 2. The molecular formula is C12H25N3. The van der Waals surface area contributed by atoms with Gasteiger partial charge in [0, 0.05) is 6.04 Å². The summed E-state index contributed by atoms with van der Waals surface area (Å²) in [4.78, 5) is 4.51. The first-order valence-corrected chi connectivity index (χ1v) is 5.99. The normalized spacial score (nSPS) is 21.7. The molecule has 0 amide bonds. The molecule has 0 aromatic heterocycles. The quantitative estimate of drug-likeness (QED) is 0.544. The minimum atomic E-state index is 0.218. The van der Waals surface area contributed by atoms with E-state index in [9.17, 15) is 0 Å². The fraction of sp³-hybridized carbons (Fsp3) is 0.917. The standard InChI is InChI=1S/C12H25N3/c1-9(12(2,3)4)14-11(13)15-10-7-5-6-8-10/h9-10H,5-8H2,1-4H3,(H3,13,14,15). The number of rotatable bonds is 2. The Bertz CT molecular complexity index is 222. The summed E-state index contributed by atoms with van der Waals surface area (Å²) in [5.41, 5.74) is 6.11. The molecule has 1 aliphatic rings. The number of nitrogens with two attached hydrogens (primary N) is 1. The molecule has 3 heteroatoms. The first kappa shape index (κ1) is 12.3. The zero-order valence-corrected chi connectivity index (χ0v) is 10.5. The van der Waals surface area contributed by atoms with E-state index in [0.29, 0.717) is 18.0 Å². The van der Waals surface area contributed by atoms with Gasteiger partial charge >= 0.3 is 0 Å². The number of aliphatic imine (C=N–C) groups is 1. The number of hydrogen-bond acceptors (Lipinski definition) is 1. The van der Waals surface area contributed by atoms with Crippen molar-refractivity contribution in [3.8, 4) is 0 Å². The molecule has 88 valence electrons. The van der Waals surface area contributed by atoms with Gasteiger partial charge in [0.15, 0.2) is 5.96 Å². The van der Waals surface area contributed by atoms with Crippen LogP contribution in [0.25, 0.3) is 0 Å². The van der Waals surface area contributed by atoms with Crippen LogP contribution in [0.3, 0.4) is 0 Å². The van der Waals surface area contributed by atoms with Gasteiger partial charge < -0.3 is 11.1 Å². The van der Waals surface area contributed by atoms with Crippen LogP contribution in [0.4, 0.5) is 0 Å². The predicted octanol–water partition coefficient (Wildman–Crippen LogP) is 2.27. The Labute approximate surface area is 93.5 Å². The highest BCUT2D eigenvalue weighted by Gasteiger charge is 2.21. The summed E-state index contributed by atoms with van der Waals surface area (Å²) >= 11 is 0. The third-order valence-corrected chi connectivity index (χ3v) is 3.31. The molecule has 1 atom stereocenters. The van der Waals surface area contributed by atoms with Gasteiger partial charge in [-0.3, -0.25) is 4.99 Å². The third kappa shape index (κ3) is 4.10. The molecule has 1 unspecified atom stereocenters. The fourth-order valence-corrected chi connectivity index (χ4v) is 1.71. The van der Waals surface area contributed by atoms with E-state index in [4.69, 9.17) is 5.73 Å². The maximum Gasteiger partial charge on any atom is 0.189 e. The third-order valence-electron chi connectivity index (χ3n) is 3.31. The Kier molecular flexibility index (Phi) is 4.00. The van der Waals surface area contributed by atoms with E-state index in [1.165, 1.54) is 25.7 Å². The Balaban J connectivity index is 2.43. The van der Waals surface area contributed by atoms with Crippen molar-refractivity contribution in [3.05, 3.63) is 0 Å². The summed E-state index contributed by atoms with van der Waals surface area (Å²) in [7, 11) is 0. The van der Waals surface area contributed by atoms with Crippen LogP contribution in [0.1, 0.15) is 53.4 Å². The van der Waals surface area contributed by atoms with E-state index >= 15 is 0 Å². The smallest absolute Gasteiger partial charge is 0.189 e. The largest absolute Gasteiger partial charge is 0.370 e. The van der Waals surface area contributed by atoms with Crippen LogP contribution < -0.4 is 11.1 Å². The predicted molar refractivity (Wildman–Crippen MR) is 65.9 cm³/mol. The Morgan fingerprint density at radius 3 is 2.33 bits per heavy atom. The second-order valence-corrected chi connectivity index (χ2v) is 5.68. The van der Waals surface area contributed by atoms with E-state index in [0.717, 1.165) is 0 Å². The molecule has 0 saturated heterocycles. The van der Waals surface area contributed by atoms with Gasteiger partial charge in [-0.1, -0.05) is 33.6 Å². The number of nitrogens with zero attached hydrogens (tertiary/aromatic N) is 1. The minimum Gasteiger partial charge on any atom is -0.370 e. The molecule has 0 bridgehead atoms. The first-order valence-electron chi connectivity index (χ1n) is 5.99. The topological polar surface area (TPSA) is 50.4 Å². The molecule has 0 aromatic rings.